The third-order valence-corrected chi connectivity index (χ3v) is 3.97. The van der Waals surface area contributed by atoms with Gasteiger partial charge in [0.25, 0.3) is 0 Å². The van der Waals surface area contributed by atoms with Gasteiger partial charge in [-0.05, 0) is 17.5 Å². The molecule has 0 fully saturated rings. The number of carbonyl (C=O) groups is 2. The van der Waals surface area contributed by atoms with Crippen molar-refractivity contribution in [2.45, 2.75) is 6.42 Å². The molecule has 1 aromatic heterocycles. The van der Waals surface area contributed by atoms with Crippen molar-refractivity contribution < 1.29 is 23.8 Å². The largest absolute Gasteiger partial charge is 0.493 e. The van der Waals surface area contributed by atoms with Crippen LogP contribution in [0.25, 0.3) is 10.1 Å². The Morgan fingerprint density at radius 3 is 2.30 bits per heavy atom. The van der Waals surface area contributed by atoms with E-state index in [0.29, 0.717) is 16.4 Å². The molecule has 2 rings (SSSR count). The molecule has 0 radical (unpaired) electrons. The first kappa shape index (κ1) is 14.3. The van der Waals surface area contributed by atoms with Gasteiger partial charge < -0.3 is 14.2 Å². The van der Waals surface area contributed by atoms with Crippen molar-refractivity contribution in [1.29, 1.82) is 0 Å². The van der Waals surface area contributed by atoms with E-state index in [1.165, 1.54) is 18.4 Å². The van der Waals surface area contributed by atoms with Crippen LogP contribution in [0.1, 0.15) is 16.1 Å². The van der Waals surface area contributed by atoms with Crippen LogP contribution in [0, 0.1) is 0 Å². The lowest BCUT2D eigenvalue weighted by Gasteiger charge is -2.06. The summed E-state index contributed by atoms with van der Waals surface area (Å²) in [5, 5.41) is 0.876. The maximum atomic E-state index is 11.9. The lowest BCUT2D eigenvalue weighted by molar-refractivity contribution is -0.139. The number of ether oxygens (including phenoxy) is 3. The van der Waals surface area contributed by atoms with Crippen molar-refractivity contribution in [3.8, 4) is 11.5 Å². The van der Waals surface area contributed by atoms with Crippen LogP contribution in [0.2, 0.25) is 0 Å². The van der Waals surface area contributed by atoms with E-state index in [2.05, 4.69) is 4.74 Å². The summed E-state index contributed by atoms with van der Waals surface area (Å²) in [5.41, 5.74) is 0. The lowest BCUT2D eigenvalue weighted by atomic mass is 10.2. The first-order chi connectivity index (χ1) is 9.58. The van der Waals surface area contributed by atoms with E-state index in [-0.39, 0.29) is 12.2 Å². The summed E-state index contributed by atoms with van der Waals surface area (Å²) in [6.45, 7) is 0. The van der Waals surface area contributed by atoms with Crippen molar-refractivity contribution >= 4 is 33.2 Å². The van der Waals surface area contributed by atoms with Crippen molar-refractivity contribution in [2.75, 3.05) is 21.3 Å². The molecule has 0 spiro atoms. The maximum absolute atomic E-state index is 11.9. The molecule has 0 aliphatic carbocycles. The summed E-state index contributed by atoms with van der Waals surface area (Å²) < 4.78 is 15.8. The molecule has 0 unspecified atom stereocenters. The van der Waals surface area contributed by atoms with Gasteiger partial charge in [0.15, 0.2) is 17.3 Å². The van der Waals surface area contributed by atoms with Gasteiger partial charge in [-0.15, -0.1) is 11.3 Å². The molecule has 1 aromatic carbocycles. The Kier molecular flexibility index (Phi) is 4.24. The molecule has 0 aliphatic rings. The summed E-state index contributed by atoms with van der Waals surface area (Å²) in [6, 6.07) is 5.36. The first-order valence-corrected chi connectivity index (χ1v) is 6.66. The second kappa shape index (κ2) is 5.92. The van der Waals surface area contributed by atoms with Crippen molar-refractivity contribution in [2.24, 2.45) is 0 Å². The highest BCUT2D eigenvalue weighted by Crippen LogP contribution is 2.36. The smallest absolute Gasteiger partial charge is 0.313 e. The van der Waals surface area contributed by atoms with E-state index in [1.54, 1.807) is 26.4 Å². The summed E-state index contributed by atoms with van der Waals surface area (Å²) in [6.07, 6.45) is -0.252. The van der Waals surface area contributed by atoms with Crippen LogP contribution in [0.4, 0.5) is 0 Å². The van der Waals surface area contributed by atoms with Crippen molar-refractivity contribution in [3.05, 3.63) is 23.1 Å². The fourth-order valence-corrected chi connectivity index (χ4v) is 2.80. The fraction of sp³-hybridized carbons (Fsp3) is 0.286. The molecule has 0 amide bonds. The minimum absolute atomic E-state index is 0.252. The standard InChI is InChI=1S/C14H14O5S/c1-17-10-4-8-5-13(9(15)6-14(16)19-3)20-12(8)7-11(10)18-2/h4-5,7H,6H2,1-3H3. The van der Waals surface area contributed by atoms with Crippen LogP contribution >= 0.6 is 11.3 Å². The number of ketones is 1. The third kappa shape index (κ3) is 2.75. The zero-order chi connectivity index (χ0) is 14.7. The Bertz CT molecular complexity index is 618. The van der Waals surface area contributed by atoms with Gasteiger partial charge in [0, 0.05) is 10.8 Å². The Morgan fingerprint density at radius 2 is 1.70 bits per heavy atom. The topological polar surface area (TPSA) is 61.8 Å². The second-order valence-corrected chi connectivity index (χ2v) is 5.12. The van der Waals surface area contributed by atoms with Crippen LogP contribution in [0.5, 0.6) is 11.5 Å². The third-order valence-electron chi connectivity index (χ3n) is 2.83. The molecule has 2 aromatic rings. The highest BCUT2D eigenvalue weighted by Gasteiger charge is 2.16. The zero-order valence-electron chi connectivity index (χ0n) is 11.4. The van der Waals surface area contributed by atoms with Gasteiger partial charge in [-0.25, -0.2) is 0 Å². The monoisotopic (exact) mass is 294 g/mol. The van der Waals surface area contributed by atoms with Gasteiger partial charge in [-0.2, -0.15) is 0 Å². The molecule has 1 heterocycles. The Labute approximate surface area is 120 Å². The van der Waals surface area contributed by atoms with Crippen LogP contribution in [0.15, 0.2) is 18.2 Å². The molecule has 20 heavy (non-hydrogen) atoms. The zero-order valence-corrected chi connectivity index (χ0v) is 12.2. The molecule has 0 bridgehead atoms. The van der Waals surface area contributed by atoms with E-state index in [4.69, 9.17) is 9.47 Å². The fourth-order valence-electron chi connectivity index (χ4n) is 1.79. The van der Waals surface area contributed by atoms with Crippen LogP contribution in [0.3, 0.4) is 0 Å². The number of carbonyl (C=O) groups excluding carboxylic acids is 2. The predicted molar refractivity (Wildman–Crippen MR) is 75.9 cm³/mol. The van der Waals surface area contributed by atoms with E-state index >= 15 is 0 Å². The molecule has 0 atom stereocenters. The van der Waals surface area contributed by atoms with Gasteiger partial charge in [-0.1, -0.05) is 0 Å². The average Bonchev–Trinajstić information content (AvgIpc) is 2.88. The molecular weight excluding hydrogens is 280 g/mol. The van der Waals surface area contributed by atoms with Crippen LogP contribution < -0.4 is 9.47 Å². The Balaban J connectivity index is 2.38. The van der Waals surface area contributed by atoms with E-state index in [1.807, 2.05) is 6.07 Å². The van der Waals surface area contributed by atoms with Crippen molar-refractivity contribution in [3.63, 3.8) is 0 Å². The molecular formula is C14H14O5S. The summed E-state index contributed by atoms with van der Waals surface area (Å²) >= 11 is 1.31. The van der Waals surface area contributed by atoms with Gasteiger partial charge in [0.2, 0.25) is 0 Å². The number of esters is 1. The number of hydrogen-bond acceptors (Lipinski definition) is 6. The van der Waals surface area contributed by atoms with Crippen LogP contribution in [-0.4, -0.2) is 33.1 Å². The number of Topliss-reactive ketones (excluding diaryl/α,β-unsaturated/α-hetero) is 1. The molecule has 5 nitrogen and oxygen atoms in total. The quantitative estimate of drug-likeness (QED) is 0.482. The van der Waals surface area contributed by atoms with E-state index < -0.39 is 5.97 Å². The molecule has 0 aliphatic heterocycles. The van der Waals surface area contributed by atoms with E-state index in [9.17, 15) is 9.59 Å². The van der Waals surface area contributed by atoms with Gasteiger partial charge in [-0.3, -0.25) is 9.59 Å². The Hall–Kier alpha value is -2.08. The summed E-state index contributed by atoms with van der Waals surface area (Å²) in [4.78, 5) is 23.6. The minimum atomic E-state index is -0.539. The maximum Gasteiger partial charge on any atom is 0.313 e. The minimum Gasteiger partial charge on any atom is -0.493 e. The summed E-state index contributed by atoms with van der Waals surface area (Å²) in [7, 11) is 4.37. The SMILES string of the molecule is COC(=O)CC(=O)c1cc2cc(OC)c(OC)cc2s1. The number of methoxy groups -OCH3 is 3. The van der Waals surface area contributed by atoms with Gasteiger partial charge in [0.1, 0.15) is 6.42 Å². The van der Waals surface area contributed by atoms with Crippen molar-refractivity contribution in [1.82, 2.24) is 0 Å². The summed E-state index contributed by atoms with van der Waals surface area (Å²) in [5.74, 6) is 0.414. The lowest BCUT2D eigenvalue weighted by Crippen LogP contribution is -2.07. The van der Waals surface area contributed by atoms with Crippen LogP contribution in [-0.2, 0) is 9.53 Å². The number of fused-ring (bicyclic) bond motifs is 1. The Morgan fingerprint density at radius 1 is 1.05 bits per heavy atom. The highest BCUT2D eigenvalue weighted by atomic mass is 32.1. The second-order valence-electron chi connectivity index (χ2n) is 4.03. The first-order valence-electron chi connectivity index (χ1n) is 5.84. The average molecular weight is 294 g/mol. The predicted octanol–water partition coefficient (Wildman–Crippen LogP) is 2.66. The number of thiophene rings is 1. The molecule has 0 saturated carbocycles. The highest BCUT2D eigenvalue weighted by molar-refractivity contribution is 7.20. The molecule has 0 saturated heterocycles. The number of rotatable bonds is 5. The normalized spacial score (nSPS) is 10.3. The molecule has 0 N–H and O–H groups in total. The molecule has 106 valence electrons. The van der Waals surface area contributed by atoms with Gasteiger partial charge >= 0.3 is 5.97 Å². The number of benzene rings is 1. The van der Waals surface area contributed by atoms with E-state index in [0.717, 1.165) is 10.1 Å². The molecule has 6 heteroatoms. The number of hydrogen-bond donors (Lipinski definition) is 0. The van der Waals surface area contributed by atoms with Gasteiger partial charge in [0.05, 0.1) is 26.2 Å².